The summed E-state index contributed by atoms with van der Waals surface area (Å²) in [5, 5.41) is 10.8. The predicted octanol–water partition coefficient (Wildman–Crippen LogP) is 1.13. The van der Waals surface area contributed by atoms with Crippen molar-refractivity contribution in [3.63, 3.8) is 0 Å². The van der Waals surface area contributed by atoms with Gasteiger partial charge in [-0.25, -0.2) is 4.68 Å². The number of tetrazole rings is 1. The summed E-state index contributed by atoms with van der Waals surface area (Å²) in [6.45, 7) is 0.620. The largest absolute Gasteiger partial charge is 0.367 e. The van der Waals surface area contributed by atoms with Gasteiger partial charge in [0.1, 0.15) is 0 Å². The number of hydrogen-bond donors (Lipinski definition) is 1. The Morgan fingerprint density at radius 3 is 2.92 bits per heavy atom. The van der Waals surface area contributed by atoms with Gasteiger partial charge in [0, 0.05) is 4.88 Å². The molecule has 0 saturated carbocycles. The Labute approximate surface area is 86.7 Å². The van der Waals surface area contributed by atoms with Crippen LogP contribution >= 0.6 is 27.3 Å². The Morgan fingerprint density at radius 1 is 1.54 bits per heavy atom. The second-order valence-corrected chi connectivity index (χ2v) is 4.95. The summed E-state index contributed by atoms with van der Waals surface area (Å²) in [4.78, 5) is 1.16. The third kappa shape index (κ3) is 1.86. The minimum Gasteiger partial charge on any atom is -0.367 e. The van der Waals surface area contributed by atoms with E-state index in [4.69, 9.17) is 5.73 Å². The van der Waals surface area contributed by atoms with Crippen LogP contribution in [0.4, 0.5) is 5.95 Å². The lowest BCUT2D eigenvalue weighted by Gasteiger charge is -1.96. The van der Waals surface area contributed by atoms with Crippen LogP contribution in [0.1, 0.15) is 4.88 Å². The number of nitrogens with zero attached hydrogens (tertiary/aromatic N) is 4. The van der Waals surface area contributed by atoms with Gasteiger partial charge in [-0.05, 0) is 38.5 Å². The van der Waals surface area contributed by atoms with Gasteiger partial charge < -0.3 is 5.73 Å². The normalized spacial score (nSPS) is 10.5. The highest BCUT2D eigenvalue weighted by atomic mass is 79.9. The first-order valence-corrected chi connectivity index (χ1v) is 5.12. The van der Waals surface area contributed by atoms with E-state index in [9.17, 15) is 0 Å². The molecule has 0 spiro atoms. The van der Waals surface area contributed by atoms with Gasteiger partial charge in [-0.1, -0.05) is 5.10 Å². The van der Waals surface area contributed by atoms with E-state index in [1.54, 1.807) is 16.0 Å². The second kappa shape index (κ2) is 3.43. The Balaban J connectivity index is 2.19. The van der Waals surface area contributed by atoms with E-state index >= 15 is 0 Å². The van der Waals surface area contributed by atoms with Crippen LogP contribution in [-0.2, 0) is 6.54 Å². The van der Waals surface area contributed by atoms with E-state index in [-0.39, 0.29) is 0 Å². The summed E-state index contributed by atoms with van der Waals surface area (Å²) in [7, 11) is 0. The van der Waals surface area contributed by atoms with E-state index in [1.807, 2.05) is 12.1 Å². The van der Waals surface area contributed by atoms with Crippen molar-refractivity contribution in [2.24, 2.45) is 0 Å². The van der Waals surface area contributed by atoms with Crippen molar-refractivity contribution < 1.29 is 0 Å². The van der Waals surface area contributed by atoms with Crippen molar-refractivity contribution in [2.75, 3.05) is 5.73 Å². The monoisotopic (exact) mass is 259 g/mol. The van der Waals surface area contributed by atoms with Crippen molar-refractivity contribution in [3.8, 4) is 0 Å². The van der Waals surface area contributed by atoms with Crippen molar-refractivity contribution in [1.29, 1.82) is 0 Å². The van der Waals surface area contributed by atoms with E-state index in [1.165, 1.54) is 0 Å². The van der Waals surface area contributed by atoms with Crippen molar-refractivity contribution >= 4 is 33.2 Å². The summed E-state index contributed by atoms with van der Waals surface area (Å²) in [5.41, 5.74) is 5.51. The van der Waals surface area contributed by atoms with Gasteiger partial charge in [0.15, 0.2) is 0 Å². The van der Waals surface area contributed by atoms with Crippen molar-refractivity contribution in [2.45, 2.75) is 6.54 Å². The van der Waals surface area contributed by atoms with Crippen molar-refractivity contribution in [1.82, 2.24) is 20.2 Å². The molecule has 0 saturated heterocycles. The summed E-state index contributed by atoms with van der Waals surface area (Å²) < 4.78 is 2.65. The number of nitrogens with two attached hydrogens (primary N) is 1. The highest BCUT2D eigenvalue weighted by Crippen LogP contribution is 2.22. The third-order valence-corrected chi connectivity index (χ3v) is 3.10. The fourth-order valence-electron chi connectivity index (χ4n) is 0.909. The maximum absolute atomic E-state index is 5.51. The molecule has 5 nitrogen and oxygen atoms in total. The van der Waals surface area contributed by atoms with E-state index in [0.29, 0.717) is 12.5 Å². The van der Waals surface area contributed by atoms with Crippen LogP contribution in [0, 0.1) is 0 Å². The molecule has 0 aliphatic rings. The zero-order valence-electron chi connectivity index (χ0n) is 6.51. The molecule has 2 N–H and O–H groups in total. The van der Waals surface area contributed by atoms with Crippen molar-refractivity contribution in [3.05, 3.63) is 20.8 Å². The number of halogens is 1. The van der Waals surface area contributed by atoms with Crippen LogP contribution in [0.15, 0.2) is 15.9 Å². The molecule has 2 aromatic rings. The summed E-state index contributed by atoms with van der Waals surface area (Å²) in [6, 6.07) is 4.00. The SMILES string of the molecule is Nc1nnnn1Cc1ccc(Br)s1. The zero-order chi connectivity index (χ0) is 9.26. The standard InChI is InChI=1S/C6H6BrN5S/c7-5-2-1-4(13-5)3-12-6(8)9-10-11-12/h1-2H,3H2,(H2,8,9,11). The lowest BCUT2D eigenvalue weighted by Crippen LogP contribution is -2.05. The second-order valence-electron chi connectivity index (χ2n) is 2.40. The van der Waals surface area contributed by atoms with Gasteiger partial charge in [-0.2, -0.15) is 0 Å². The Hall–Kier alpha value is -0.950. The van der Waals surface area contributed by atoms with E-state index in [2.05, 4.69) is 31.5 Å². The predicted molar refractivity (Wildman–Crippen MR) is 53.4 cm³/mol. The van der Waals surface area contributed by atoms with Crippen LogP contribution in [0.5, 0.6) is 0 Å². The number of rotatable bonds is 2. The zero-order valence-corrected chi connectivity index (χ0v) is 8.92. The van der Waals surface area contributed by atoms with Gasteiger partial charge in [-0.15, -0.1) is 11.3 Å². The molecule has 0 aromatic carbocycles. The van der Waals surface area contributed by atoms with Gasteiger partial charge in [0.2, 0.25) is 5.95 Å². The highest BCUT2D eigenvalue weighted by Gasteiger charge is 2.03. The molecule has 0 atom stereocenters. The average molecular weight is 260 g/mol. The molecular formula is C6H6BrN5S. The first kappa shape index (κ1) is 8.64. The molecule has 13 heavy (non-hydrogen) atoms. The number of thiophene rings is 1. The summed E-state index contributed by atoms with van der Waals surface area (Å²) >= 11 is 5.02. The summed E-state index contributed by atoms with van der Waals surface area (Å²) in [6.07, 6.45) is 0. The average Bonchev–Trinajstić information content (AvgIpc) is 2.64. The molecule has 0 aliphatic carbocycles. The number of aromatic nitrogens is 4. The quantitative estimate of drug-likeness (QED) is 0.878. The maximum atomic E-state index is 5.51. The minimum atomic E-state index is 0.338. The molecule has 2 aromatic heterocycles. The van der Waals surface area contributed by atoms with E-state index < -0.39 is 0 Å². The molecule has 7 heteroatoms. The van der Waals surface area contributed by atoms with Crippen LogP contribution in [0.2, 0.25) is 0 Å². The maximum Gasteiger partial charge on any atom is 0.240 e. The first-order valence-electron chi connectivity index (χ1n) is 3.51. The molecule has 0 aliphatic heterocycles. The fourth-order valence-corrected chi connectivity index (χ4v) is 2.37. The third-order valence-electron chi connectivity index (χ3n) is 1.49. The van der Waals surface area contributed by atoms with Gasteiger partial charge in [0.05, 0.1) is 10.3 Å². The molecule has 68 valence electrons. The van der Waals surface area contributed by atoms with E-state index in [0.717, 1.165) is 8.66 Å². The highest BCUT2D eigenvalue weighted by molar-refractivity contribution is 9.11. The minimum absolute atomic E-state index is 0.338. The number of nitrogen functional groups attached to an aromatic ring is 1. The van der Waals surface area contributed by atoms with Gasteiger partial charge >= 0.3 is 0 Å². The number of hydrogen-bond acceptors (Lipinski definition) is 5. The molecule has 0 unspecified atom stereocenters. The molecule has 0 radical (unpaired) electrons. The molecule has 0 fully saturated rings. The molecule has 0 amide bonds. The molecule has 0 bridgehead atoms. The number of anilines is 1. The fraction of sp³-hybridized carbons (Fsp3) is 0.167. The first-order chi connectivity index (χ1) is 6.25. The van der Waals surface area contributed by atoms with Crippen LogP contribution in [0.25, 0.3) is 0 Å². The topological polar surface area (TPSA) is 69.6 Å². The smallest absolute Gasteiger partial charge is 0.240 e. The molecular weight excluding hydrogens is 254 g/mol. The lowest BCUT2D eigenvalue weighted by atomic mass is 10.5. The van der Waals surface area contributed by atoms with Crippen LogP contribution < -0.4 is 5.73 Å². The molecule has 2 rings (SSSR count). The summed E-state index contributed by atoms with van der Waals surface area (Å²) in [5.74, 6) is 0.338. The van der Waals surface area contributed by atoms with Crippen LogP contribution in [-0.4, -0.2) is 20.2 Å². The van der Waals surface area contributed by atoms with Gasteiger partial charge in [-0.3, -0.25) is 0 Å². The molecule has 2 heterocycles. The Morgan fingerprint density at radius 2 is 2.38 bits per heavy atom. The van der Waals surface area contributed by atoms with Crippen LogP contribution in [0.3, 0.4) is 0 Å². The Kier molecular flexibility index (Phi) is 2.28. The van der Waals surface area contributed by atoms with Gasteiger partial charge in [0.25, 0.3) is 0 Å². The lowest BCUT2D eigenvalue weighted by molar-refractivity contribution is 0.661. The Bertz CT molecular complexity index is 409.